The molecular formula is C18H33NO5. The van der Waals surface area contributed by atoms with Crippen molar-refractivity contribution in [2.24, 2.45) is 0 Å². The summed E-state index contributed by atoms with van der Waals surface area (Å²) in [6.45, 7) is 2.31. The van der Waals surface area contributed by atoms with E-state index in [1.165, 1.54) is 38.5 Å². The number of hydrogen-bond acceptors (Lipinski definition) is 4. The summed E-state index contributed by atoms with van der Waals surface area (Å²) in [6, 6.07) is -0.782. The van der Waals surface area contributed by atoms with E-state index in [0.717, 1.165) is 19.3 Å². The van der Waals surface area contributed by atoms with Gasteiger partial charge in [0.15, 0.2) is 0 Å². The molecule has 0 saturated carbocycles. The van der Waals surface area contributed by atoms with Gasteiger partial charge in [-0.3, -0.25) is 14.4 Å². The molecule has 0 saturated heterocycles. The number of Topliss-reactive ketones (excluding diaryl/α,β-unsaturated/α-hetero) is 1. The fraction of sp³-hybridized carbons (Fsp3) is 0.833. The second-order valence-electron chi connectivity index (χ2n) is 6.29. The Morgan fingerprint density at radius 1 is 0.792 bits per heavy atom. The molecule has 0 aromatic carbocycles. The van der Waals surface area contributed by atoms with Crippen molar-refractivity contribution < 1.29 is 24.6 Å². The van der Waals surface area contributed by atoms with Crippen LogP contribution in [-0.4, -0.2) is 40.5 Å². The van der Waals surface area contributed by atoms with Crippen LogP contribution in [0, 0.1) is 0 Å². The molecule has 3 N–H and O–H groups in total. The molecule has 24 heavy (non-hydrogen) atoms. The molecule has 0 aliphatic carbocycles. The lowest BCUT2D eigenvalue weighted by atomic mass is 10.0. The molecular weight excluding hydrogens is 310 g/mol. The summed E-state index contributed by atoms with van der Waals surface area (Å²) in [6.07, 6.45) is 10.3. The first-order chi connectivity index (χ1) is 11.5. The summed E-state index contributed by atoms with van der Waals surface area (Å²) >= 11 is 0. The Labute approximate surface area is 145 Å². The highest BCUT2D eigenvalue weighted by molar-refractivity contribution is 5.87. The number of unbranched alkanes of at least 4 members (excludes halogenated alkanes) is 8. The van der Waals surface area contributed by atoms with E-state index < -0.39 is 18.0 Å². The molecule has 0 aromatic rings. The summed E-state index contributed by atoms with van der Waals surface area (Å²) in [5, 5.41) is 20.2. The highest BCUT2D eigenvalue weighted by Crippen LogP contribution is 2.11. The van der Waals surface area contributed by atoms with Crippen LogP contribution in [0.5, 0.6) is 0 Å². The molecule has 0 aromatic heterocycles. The molecule has 140 valence electrons. The Morgan fingerprint density at radius 2 is 1.33 bits per heavy atom. The van der Waals surface area contributed by atoms with Gasteiger partial charge in [-0.2, -0.15) is 0 Å². The van der Waals surface area contributed by atoms with Crippen molar-refractivity contribution in [3.63, 3.8) is 0 Å². The first-order valence-electron chi connectivity index (χ1n) is 9.17. The van der Waals surface area contributed by atoms with Gasteiger partial charge in [-0.1, -0.05) is 58.3 Å². The molecule has 0 rings (SSSR count). The molecule has 0 aliphatic heterocycles. The molecule has 6 heteroatoms. The lowest BCUT2D eigenvalue weighted by Crippen LogP contribution is -2.39. The molecule has 1 atom stereocenters. The van der Waals surface area contributed by atoms with Crippen LogP contribution in [0.25, 0.3) is 0 Å². The first kappa shape index (κ1) is 22.6. The van der Waals surface area contributed by atoms with Crippen LogP contribution in [0.1, 0.15) is 84.0 Å². The first-order valence-corrected chi connectivity index (χ1v) is 9.17. The minimum absolute atomic E-state index is 0.108. The molecule has 0 amide bonds. The Hall–Kier alpha value is -1.43. The lowest BCUT2D eigenvalue weighted by molar-refractivity contribution is -0.139. The van der Waals surface area contributed by atoms with Crippen LogP contribution in [0.2, 0.25) is 0 Å². The summed E-state index contributed by atoms with van der Waals surface area (Å²) in [7, 11) is 0. The largest absolute Gasteiger partial charge is 0.481 e. The van der Waals surface area contributed by atoms with Gasteiger partial charge in [-0.05, 0) is 6.42 Å². The maximum atomic E-state index is 12.1. The summed E-state index contributed by atoms with van der Waals surface area (Å²) in [4.78, 5) is 33.4. The maximum absolute atomic E-state index is 12.1. The van der Waals surface area contributed by atoms with Crippen LogP contribution >= 0.6 is 0 Å². The summed E-state index contributed by atoms with van der Waals surface area (Å²) in [5.41, 5.74) is 0. The van der Waals surface area contributed by atoms with Gasteiger partial charge in [0.25, 0.3) is 0 Å². The van der Waals surface area contributed by atoms with Gasteiger partial charge in [0, 0.05) is 13.0 Å². The molecule has 1 unspecified atom stereocenters. The van der Waals surface area contributed by atoms with E-state index in [1.54, 1.807) is 0 Å². The van der Waals surface area contributed by atoms with Crippen LogP contribution in [-0.2, 0) is 14.4 Å². The summed E-state index contributed by atoms with van der Waals surface area (Å²) < 4.78 is 0. The number of ketones is 1. The average Bonchev–Trinajstić information content (AvgIpc) is 2.51. The quantitative estimate of drug-likeness (QED) is 0.350. The van der Waals surface area contributed by atoms with E-state index in [-0.39, 0.29) is 25.2 Å². The number of carboxylic acid groups (broad SMARTS) is 2. The van der Waals surface area contributed by atoms with Gasteiger partial charge in [-0.15, -0.1) is 0 Å². The smallest absolute Gasteiger partial charge is 0.305 e. The van der Waals surface area contributed by atoms with Crippen molar-refractivity contribution in [3.8, 4) is 0 Å². The van der Waals surface area contributed by atoms with E-state index in [9.17, 15) is 14.4 Å². The van der Waals surface area contributed by atoms with E-state index in [4.69, 9.17) is 10.2 Å². The molecule has 0 heterocycles. The van der Waals surface area contributed by atoms with Crippen LogP contribution in [0.3, 0.4) is 0 Å². The van der Waals surface area contributed by atoms with E-state index in [2.05, 4.69) is 12.2 Å². The number of nitrogens with one attached hydrogen (secondary N) is 1. The molecule has 0 fully saturated rings. The predicted molar refractivity (Wildman–Crippen MR) is 93.1 cm³/mol. The third-order valence-corrected chi connectivity index (χ3v) is 4.02. The topological polar surface area (TPSA) is 104 Å². The fourth-order valence-corrected chi connectivity index (χ4v) is 2.61. The van der Waals surface area contributed by atoms with Crippen molar-refractivity contribution in [1.82, 2.24) is 5.32 Å². The Balaban J connectivity index is 3.84. The van der Waals surface area contributed by atoms with Crippen LogP contribution in [0.4, 0.5) is 0 Å². The SMILES string of the molecule is CCCCCCCCCCCC(=O)C(CC(=O)O)NCCC(=O)O. The van der Waals surface area contributed by atoms with Crippen molar-refractivity contribution in [2.75, 3.05) is 6.54 Å². The number of hydrogen-bond donors (Lipinski definition) is 3. The normalized spacial score (nSPS) is 12.0. The molecule has 0 aliphatic rings. The van der Waals surface area contributed by atoms with Crippen molar-refractivity contribution >= 4 is 17.7 Å². The van der Waals surface area contributed by atoms with E-state index in [1.807, 2.05) is 0 Å². The second-order valence-corrected chi connectivity index (χ2v) is 6.29. The van der Waals surface area contributed by atoms with Gasteiger partial charge < -0.3 is 15.5 Å². The van der Waals surface area contributed by atoms with Crippen molar-refractivity contribution in [2.45, 2.75) is 90.0 Å². The van der Waals surface area contributed by atoms with Crippen LogP contribution in [0.15, 0.2) is 0 Å². The third-order valence-electron chi connectivity index (χ3n) is 4.02. The number of aliphatic carboxylic acids is 2. The molecule has 0 spiro atoms. The van der Waals surface area contributed by atoms with Crippen LogP contribution < -0.4 is 5.32 Å². The maximum Gasteiger partial charge on any atom is 0.305 e. The van der Waals surface area contributed by atoms with Crippen molar-refractivity contribution in [1.29, 1.82) is 0 Å². The average molecular weight is 343 g/mol. The fourth-order valence-electron chi connectivity index (χ4n) is 2.61. The zero-order valence-electron chi connectivity index (χ0n) is 14.9. The molecule has 0 radical (unpaired) electrons. The number of carbonyl (C=O) groups excluding carboxylic acids is 1. The number of carbonyl (C=O) groups is 3. The highest BCUT2D eigenvalue weighted by Gasteiger charge is 2.20. The zero-order chi connectivity index (χ0) is 18.2. The molecule has 0 bridgehead atoms. The monoisotopic (exact) mass is 343 g/mol. The van der Waals surface area contributed by atoms with Crippen molar-refractivity contribution in [3.05, 3.63) is 0 Å². The predicted octanol–water partition coefficient (Wildman–Crippen LogP) is 3.38. The van der Waals surface area contributed by atoms with Gasteiger partial charge in [0.05, 0.1) is 18.9 Å². The Kier molecular flexibility index (Phi) is 14.2. The highest BCUT2D eigenvalue weighted by atomic mass is 16.4. The second kappa shape index (κ2) is 15.1. The summed E-state index contributed by atoms with van der Waals surface area (Å²) in [5.74, 6) is -2.16. The third kappa shape index (κ3) is 14.2. The standard InChI is InChI=1S/C18H33NO5/c1-2-3-4-5-6-7-8-9-10-11-16(20)15(14-18(23)24)19-13-12-17(21)22/h15,19H,2-14H2,1H3,(H,21,22)(H,23,24). The minimum Gasteiger partial charge on any atom is -0.481 e. The minimum atomic E-state index is -1.05. The molecule has 6 nitrogen and oxygen atoms in total. The number of rotatable bonds is 17. The number of carboxylic acids is 2. The van der Waals surface area contributed by atoms with Gasteiger partial charge in [0.2, 0.25) is 0 Å². The van der Waals surface area contributed by atoms with E-state index >= 15 is 0 Å². The Bertz CT molecular complexity index is 370. The zero-order valence-corrected chi connectivity index (χ0v) is 14.9. The van der Waals surface area contributed by atoms with Gasteiger partial charge in [0.1, 0.15) is 5.78 Å². The van der Waals surface area contributed by atoms with E-state index in [0.29, 0.717) is 6.42 Å². The van der Waals surface area contributed by atoms with Gasteiger partial charge in [-0.25, -0.2) is 0 Å². The van der Waals surface area contributed by atoms with Gasteiger partial charge >= 0.3 is 11.9 Å². The lowest BCUT2D eigenvalue weighted by Gasteiger charge is -2.15. The Morgan fingerprint density at radius 3 is 1.83 bits per heavy atom.